The van der Waals surface area contributed by atoms with E-state index in [0.717, 1.165) is 13.1 Å². The lowest BCUT2D eigenvalue weighted by Crippen LogP contribution is -2.33. The van der Waals surface area contributed by atoms with E-state index in [2.05, 4.69) is 32.6 Å². The first-order chi connectivity index (χ1) is 8.93. The summed E-state index contributed by atoms with van der Waals surface area (Å²) in [7, 11) is 0. The summed E-state index contributed by atoms with van der Waals surface area (Å²) in [4.78, 5) is 2.44. The van der Waals surface area contributed by atoms with Crippen LogP contribution in [0.2, 0.25) is 0 Å². The van der Waals surface area contributed by atoms with E-state index in [0.29, 0.717) is 24.3 Å². The lowest BCUT2D eigenvalue weighted by Gasteiger charge is -2.28. The van der Waals surface area contributed by atoms with Crippen molar-refractivity contribution in [1.29, 1.82) is 0 Å². The third kappa shape index (κ3) is 5.11. The van der Waals surface area contributed by atoms with Gasteiger partial charge < -0.3 is 9.84 Å². The van der Waals surface area contributed by atoms with Crippen LogP contribution in [0, 0.1) is 5.92 Å². The molecule has 0 aromatic heterocycles. The van der Waals surface area contributed by atoms with Crippen molar-refractivity contribution in [2.45, 2.75) is 47.2 Å². The van der Waals surface area contributed by atoms with Crippen LogP contribution in [0.3, 0.4) is 0 Å². The molecular formula is C16H27NO2. The molecule has 0 unspecified atom stereocenters. The Labute approximate surface area is 117 Å². The van der Waals surface area contributed by atoms with Crippen molar-refractivity contribution in [3.63, 3.8) is 0 Å². The predicted molar refractivity (Wildman–Crippen MR) is 79.7 cm³/mol. The average molecular weight is 265 g/mol. The number of nitrogens with zero attached hydrogens (tertiary/aromatic N) is 1. The van der Waals surface area contributed by atoms with Crippen molar-refractivity contribution < 1.29 is 9.84 Å². The first-order valence-electron chi connectivity index (χ1n) is 7.12. The van der Waals surface area contributed by atoms with Crippen LogP contribution in [0.15, 0.2) is 18.2 Å². The zero-order valence-corrected chi connectivity index (χ0v) is 12.8. The number of phenols is 1. The highest BCUT2D eigenvalue weighted by molar-refractivity contribution is 5.41. The molecule has 0 spiro atoms. The van der Waals surface area contributed by atoms with Gasteiger partial charge in [0.15, 0.2) is 11.5 Å². The number of ether oxygens (including phenoxy) is 1. The second-order valence-corrected chi connectivity index (χ2v) is 5.65. The SMILES string of the molecule is CCOc1cc(CN(CC(C)C)C(C)C)ccc1O. The monoisotopic (exact) mass is 265 g/mol. The maximum absolute atomic E-state index is 9.72. The summed E-state index contributed by atoms with van der Waals surface area (Å²) in [5, 5.41) is 9.72. The predicted octanol–water partition coefficient (Wildman–Crippen LogP) is 3.66. The highest BCUT2D eigenvalue weighted by atomic mass is 16.5. The number of benzene rings is 1. The Kier molecular flexibility index (Phi) is 6.16. The van der Waals surface area contributed by atoms with Gasteiger partial charge in [0.05, 0.1) is 6.61 Å². The van der Waals surface area contributed by atoms with Gasteiger partial charge >= 0.3 is 0 Å². The molecule has 0 aliphatic carbocycles. The summed E-state index contributed by atoms with van der Waals surface area (Å²) in [5.74, 6) is 1.43. The lowest BCUT2D eigenvalue weighted by atomic mass is 10.1. The Hall–Kier alpha value is -1.22. The molecule has 108 valence electrons. The fourth-order valence-electron chi connectivity index (χ4n) is 2.09. The lowest BCUT2D eigenvalue weighted by molar-refractivity contribution is 0.189. The normalized spacial score (nSPS) is 11.6. The molecule has 0 amide bonds. The quantitative estimate of drug-likeness (QED) is 0.816. The van der Waals surface area contributed by atoms with E-state index in [4.69, 9.17) is 4.74 Å². The van der Waals surface area contributed by atoms with Gasteiger partial charge in [0.2, 0.25) is 0 Å². The van der Waals surface area contributed by atoms with Crippen LogP contribution in [-0.2, 0) is 6.54 Å². The van der Waals surface area contributed by atoms with E-state index in [1.165, 1.54) is 5.56 Å². The Bertz CT molecular complexity index is 388. The Balaban J connectivity index is 2.81. The van der Waals surface area contributed by atoms with Crippen molar-refractivity contribution in [3.8, 4) is 11.5 Å². The molecule has 3 nitrogen and oxygen atoms in total. The van der Waals surface area contributed by atoms with Gasteiger partial charge in [-0.3, -0.25) is 4.90 Å². The summed E-state index contributed by atoms with van der Waals surface area (Å²) >= 11 is 0. The average Bonchev–Trinajstić information content (AvgIpc) is 2.32. The number of rotatable bonds is 7. The van der Waals surface area contributed by atoms with Crippen molar-refractivity contribution in [2.24, 2.45) is 5.92 Å². The summed E-state index contributed by atoms with van der Waals surface area (Å²) < 4.78 is 5.43. The van der Waals surface area contributed by atoms with E-state index >= 15 is 0 Å². The molecule has 0 fully saturated rings. The third-order valence-electron chi connectivity index (χ3n) is 3.04. The zero-order chi connectivity index (χ0) is 14.4. The molecule has 0 atom stereocenters. The molecule has 0 bridgehead atoms. The molecule has 0 radical (unpaired) electrons. The van der Waals surface area contributed by atoms with E-state index in [-0.39, 0.29) is 5.75 Å². The van der Waals surface area contributed by atoms with Crippen molar-refractivity contribution in [2.75, 3.05) is 13.2 Å². The van der Waals surface area contributed by atoms with Crippen molar-refractivity contribution in [3.05, 3.63) is 23.8 Å². The van der Waals surface area contributed by atoms with Gasteiger partial charge in [-0.25, -0.2) is 0 Å². The van der Waals surface area contributed by atoms with Crippen LogP contribution in [0.5, 0.6) is 11.5 Å². The molecule has 1 aromatic rings. The largest absolute Gasteiger partial charge is 0.504 e. The molecule has 3 heteroatoms. The third-order valence-corrected chi connectivity index (χ3v) is 3.04. The van der Waals surface area contributed by atoms with Gasteiger partial charge in [0, 0.05) is 19.1 Å². The zero-order valence-electron chi connectivity index (χ0n) is 12.8. The minimum atomic E-state index is 0.213. The Morgan fingerprint density at radius 3 is 2.42 bits per heavy atom. The molecule has 0 aliphatic rings. The van der Waals surface area contributed by atoms with Crippen LogP contribution in [-0.4, -0.2) is 29.2 Å². The fourth-order valence-corrected chi connectivity index (χ4v) is 2.09. The van der Waals surface area contributed by atoms with Gasteiger partial charge in [-0.2, -0.15) is 0 Å². The first kappa shape index (κ1) is 15.8. The molecular weight excluding hydrogens is 238 g/mol. The summed E-state index contributed by atoms with van der Waals surface area (Å²) in [6.07, 6.45) is 0. The van der Waals surface area contributed by atoms with Gasteiger partial charge in [-0.05, 0) is 44.4 Å². The smallest absolute Gasteiger partial charge is 0.161 e. The molecule has 1 N–H and O–H groups in total. The van der Waals surface area contributed by atoms with Gasteiger partial charge in [0.25, 0.3) is 0 Å². The van der Waals surface area contributed by atoms with Gasteiger partial charge in [-0.15, -0.1) is 0 Å². The van der Waals surface area contributed by atoms with E-state index in [1.807, 2.05) is 19.1 Å². The molecule has 0 saturated heterocycles. The standard InChI is InChI=1S/C16H27NO2/c1-6-19-16-9-14(7-8-15(16)18)11-17(13(4)5)10-12(2)3/h7-9,12-13,18H,6,10-11H2,1-5H3. The highest BCUT2D eigenvalue weighted by Crippen LogP contribution is 2.27. The Morgan fingerprint density at radius 2 is 1.89 bits per heavy atom. The second kappa shape index (κ2) is 7.39. The summed E-state index contributed by atoms with van der Waals surface area (Å²) in [6.45, 7) is 13.3. The highest BCUT2D eigenvalue weighted by Gasteiger charge is 2.13. The molecule has 0 aliphatic heterocycles. The first-order valence-corrected chi connectivity index (χ1v) is 7.12. The molecule has 19 heavy (non-hydrogen) atoms. The fraction of sp³-hybridized carbons (Fsp3) is 0.625. The molecule has 1 rings (SSSR count). The number of hydrogen-bond acceptors (Lipinski definition) is 3. The van der Waals surface area contributed by atoms with Crippen molar-refractivity contribution in [1.82, 2.24) is 4.90 Å². The van der Waals surface area contributed by atoms with E-state index in [1.54, 1.807) is 6.07 Å². The van der Waals surface area contributed by atoms with Crippen LogP contribution in [0.4, 0.5) is 0 Å². The van der Waals surface area contributed by atoms with Crippen LogP contribution in [0.1, 0.15) is 40.2 Å². The van der Waals surface area contributed by atoms with Crippen LogP contribution >= 0.6 is 0 Å². The molecule has 0 heterocycles. The molecule has 0 saturated carbocycles. The van der Waals surface area contributed by atoms with Gasteiger partial charge in [0.1, 0.15) is 0 Å². The second-order valence-electron chi connectivity index (χ2n) is 5.65. The van der Waals surface area contributed by atoms with Crippen LogP contribution in [0.25, 0.3) is 0 Å². The van der Waals surface area contributed by atoms with E-state index in [9.17, 15) is 5.11 Å². The number of aromatic hydroxyl groups is 1. The van der Waals surface area contributed by atoms with Gasteiger partial charge in [-0.1, -0.05) is 19.9 Å². The minimum absolute atomic E-state index is 0.213. The minimum Gasteiger partial charge on any atom is -0.504 e. The summed E-state index contributed by atoms with van der Waals surface area (Å²) in [5.41, 5.74) is 1.18. The maximum Gasteiger partial charge on any atom is 0.161 e. The summed E-state index contributed by atoms with van der Waals surface area (Å²) in [6, 6.07) is 6.13. The van der Waals surface area contributed by atoms with Crippen LogP contribution < -0.4 is 4.74 Å². The number of hydrogen-bond donors (Lipinski definition) is 1. The number of phenolic OH excluding ortho intramolecular Hbond substituents is 1. The topological polar surface area (TPSA) is 32.7 Å². The van der Waals surface area contributed by atoms with Crippen molar-refractivity contribution >= 4 is 0 Å². The Morgan fingerprint density at radius 1 is 1.21 bits per heavy atom. The maximum atomic E-state index is 9.72. The van der Waals surface area contributed by atoms with E-state index < -0.39 is 0 Å². The molecule has 1 aromatic carbocycles.